The van der Waals surface area contributed by atoms with Crippen molar-refractivity contribution in [3.63, 3.8) is 0 Å². The van der Waals surface area contributed by atoms with Crippen molar-refractivity contribution >= 4 is 23.2 Å². The average Bonchev–Trinajstić information content (AvgIpc) is 3.34. The van der Waals surface area contributed by atoms with Gasteiger partial charge >= 0.3 is 0 Å². The molecular weight excluding hydrogens is 328 g/mol. The largest absolute Gasteiger partial charge is 0.322 e. The lowest BCUT2D eigenvalue weighted by atomic mass is 10.1. The Morgan fingerprint density at radius 2 is 1.73 bits per heavy atom. The summed E-state index contributed by atoms with van der Waals surface area (Å²) in [5.41, 5.74) is 3.09. The summed E-state index contributed by atoms with van der Waals surface area (Å²) in [6.07, 6.45) is 6.78. The summed E-state index contributed by atoms with van der Waals surface area (Å²) in [7, 11) is 0. The first-order valence-electron chi connectivity index (χ1n) is 8.51. The molecule has 26 heavy (non-hydrogen) atoms. The topological polar surface area (TPSA) is 67.2 Å². The van der Waals surface area contributed by atoms with Gasteiger partial charge in [0.2, 0.25) is 5.91 Å². The number of nitrogens with zero attached hydrogens (tertiary/aromatic N) is 3. The third-order valence-corrected chi connectivity index (χ3v) is 4.44. The monoisotopic (exact) mass is 346 g/mol. The number of carbonyl (C=O) groups excluding carboxylic acids is 2. The number of hydrogen-bond acceptors (Lipinski definition) is 3. The fourth-order valence-electron chi connectivity index (χ4n) is 3.05. The van der Waals surface area contributed by atoms with E-state index in [1.165, 1.54) is 0 Å². The van der Waals surface area contributed by atoms with Crippen molar-refractivity contribution in [3.05, 3.63) is 72.8 Å². The first-order valence-corrected chi connectivity index (χ1v) is 8.51. The van der Waals surface area contributed by atoms with Gasteiger partial charge in [-0.3, -0.25) is 9.59 Å². The van der Waals surface area contributed by atoms with Gasteiger partial charge in [-0.1, -0.05) is 0 Å². The molecule has 1 saturated heterocycles. The fraction of sp³-hybridized carbons (Fsp3) is 0.150. The van der Waals surface area contributed by atoms with Crippen molar-refractivity contribution in [2.75, 3.05) is 16.8 Å². The van der Waals surface area contributed by atoms with Crippen LogP contribution in [0.15, 0.2) is 67.3 Å². The number of benzene rings is 2. The normalized spacial score (nSPS) is 13.8. The number of hydrogen-bond donors (Lipinski definition) is 1. The molecule has 1 fully saturated rings. The van der Waals surface area contributed by atoms with Gasteiger partial charge in [0.05, 0.1) is 6.33 Å². The fourth-order valence-corrected chi connectivity index (χ4v) is 3.05. The van der Waals surface area contributed by atoms with Crippen LogP contribution in [0.4, 0.5) is 11.4 Å². The van der Waals surface area contributed by atoms with Gasteiger partial charge < -0.3 is 14.8 Å². The number of amides is 2. The highest BCUT2D eigenvalue weighted by Crippen LogP contribution is 2.22. The van der Waals surface area contributed by atoms with Crippen LogP contribution in [-0.4, -0.2) is 27.9 Å². The van der Waals surface area contributed by atoms with Crippen molar-refractivity contribution in [2.24, 2.45) is 0 Å². The molecule has 2 amide bonds. The van der Waals surface area contributed by atoms with Crippen LogP contribution in [-0.2, 0) is 4.79 Å². The van der Waals surface area contributed by atoms with E-state index in [0.29, 0.717) is 12.0 Å². The van der Waals surface area contributed by atoms with Gasteiger partial charge in [0.15, 0.2) is 0 Å². The Morgan fingerprint density at radius 1 is 1.00 bits per heavy atom. The number of rotatable bonds is 4. The number of anilines is 2. The van der Waals surface area contributed by atoms with E-state index in [4.69, 9.17) is 0 Å². The van der Waals surface area contributed by atoms with E-state index in [0.717, 1.165) is 30.0 Å². The summed E-state index contributed by atoms with van der Waals surface area (Å²) in [5, 5.41) is 2.88. The molecule has 1 aromatic heterocycles. The summed E-state index contributed by atoms with van der Waals surface area (Å²) in [5.74, 6) is -0.0418. The average molecular weight is 346 g/mol. The zero-order chi connectivity index (χ0) is 17.9. The van der Waals surface area contributed by atoms with Gasteiger partial charge in [-0.2, -0.15) is 0 Å². The lowest BCUT2D eigenvalue weighted by Crippen LogP contribution is -2.23. The molecule has 6 nitrogen and oxygen atoms in total. The molecule has 130 valence electrons. The second-order valence-corrected chi connectivity index (χ2v) is 6.17. The van der Waals surface area contributed by atoms with Crippen LogP contribution in [0.5, 0.6) is 0 Å². The van der Waals surface area contributed by atoms with Gasteiger partial charge in [-0.05, 0) is 55.0 Å². The van der Waals surface area contributed by atoms with E-state index in [2.05, 4.69) is 10.3 Å². The van der Waals surface area contributed by atoms with Crippen LogP contribution < -0.4 is 10.2 Å². The molecule has 0 radical (unpaired) electrons. The van der Waals surface area contributed by atoms with E-state index >= 15 is 0 Å². The van der Waals surface area contributed by atoms with Crippen LogP contribution in [0.2, 0.25) is 0 Å². The maximum atomic E-state index is 12.4. The van der Waals surface area contributed by atoms with Gasteiger partial charge in [0.25, 0.3) is 5.91 Å². The predicted molar refractivity (Wildman–Crippen MR) is 99.5 cm³/mol. The first kappa shape index (κ1) is 16.1. The smallest absolute Gasteiger partial charge is 0.255 e. The zero-order valence-electron chi connectivity index (χ0n) is 14.1. The Kier molecular flexibility index (Phi) is 4.23. The molecule has 0 atom stereocenters. The molecule has 0 spiro atoms. The van der Waals surface area contributed by atoms with Crippen molar-refractivity contribution in [2.45, 2.75) is 12.8 Å². The second-order valence-electron chi connectivity index (χ2n) is 6.17. The van der Waals surface area contributed by atoms with Crippen LogP contribution in [0.25, 0.3) is 5.69 Å². The molecule has 0 aliphatic carbocycles. The van der Waals surface area contributed by atoms with Gasteiger partial charge in [-0.15, -0.1) is 0 Å². The van der Waals surface area contributed by atoms with E-state index in [9.17, 15) is 9.59 Å². The van der Waals surface area contributed by atoms with Crippen LogP contribution in [0, 0.1) is 0 Å². The molecule has 1 aliphatic heterocycles. The van der Waals surface area contributed by atoms with Crippen molar-refractivity contribution in [1.29, 1.82) is 0 Å². The predicted octanol–water partition coefficient (Wildman–Crippen LogP) is 3.25. The lowest BCUT2D eigenvalue weighted by Gasteiger charge is -2.15. The summed E-state index contributed by atoms with van der Waals surface area (Å²) in [6.45, 7) is 0.744. The number of aromatic nitrogens is 2. The summed E-state index contributed by atoms with van der Waals surface area (Å²) < 4.78 is 1.89. The molecule has 2 heterocycles. The highest BCUT2D eigenvalue weighted by Gasteiger charge is 2.21. The van der Waals surface area contributed by atoms with Crippen LogP contribution in [0.1, 0.15) is 23.2 Å². The maximum Gasteiger partial charge on any atom is 0.255 e. The third-order valence-electron chi connectivity index (χ3n) is 4.44. The quantitative estimate of drug-likeness (QED) is 0.788. The molecule has 0 saturated carbocycles. The lowest BCUT2D eigenvalue weighted by molar-refractivity contribution is -0.117. The van der Waals surface area contributed by atoms with Crippen LogP contribution >= 0.6 is 0 Å². The minimum Gasteiger partial charge on any atom is -0.322 e. The highest BCUT2D eigenvalue weighted by molar-refractivity contribution is 6.04. The zero-order valence-corrected chi connectivity index (χ0v) is 14.1. The van der Waals surface area contributed by atoms with Crippen molar-refractivity contribution in [3.8, 4) is 5.69 Å². The Bertz CT molecular complexity index is 915. The molecular formula is C20H18N4O2. The SMILES string of the molecule is O=C(Nc1ccc(-n2ccnc2)cc1)c1ccc(N2CCCC2=O)cc1. The maximum absolute atomic E-state index is 12.4. The Balaban J connectivity index is 1.43. The molecule has 3 aromatic rings. The Labute approximate surface area is 151 Å². The highest BCUT2D eigenvalue weighted by atomic mass is 16.2. The van der Waals surface area contributed by atoms with E-state index in [1.807, 2.05) is 47.2 Å². The minimum absolute atomic E-state index is 0.139. The second kappa shape index (κ2) is 6.84. The standard InChI is InChI=1S/C20H18N4O2/c25-19-2-1-12-24(19)18-7-3-15(4-8-18)20(26)22-16-5-9-17(10-6-16)23-13-11-21-14-23/h3-11,13-14H,1-2,12H2,(H,22,26). The van der Waals surface area contributed by atoms with Gasteiger partial charge in [0, 0.05) is 48.0 Å². The summed E-state index contributed by atoms with van der Waals surface area (Å²) in [6, 6.07) is 14.7. The molecule has 6 heteroatoms. The Hall–Kier alpha value is -3.41. The Morgan fingerprint density at radius 3 is 2.35 bits per heavy atom. The number of nitrogens with one attached hydrogen (secondary N) is 1. The van der Waals surface area contributed by atoms with Crippen LogP contribution in [0.3, 0.4) is 0 Å². The van der Waals surface area contributed by atoms with Gasteiger partial charge in [0.1, 0.15) is 0 Å². The summed E-state index contributed by atoms with van der Waals surface area (Å²) >= 11 is 0. The van der Waals surface area contributed by atoms with Crippen molar-refractivity contribution in [1.82, 2.24) is 9.55 Å². The van der Waals surface area contributed by atoms with E-state index < -0.39 is 0 Å². The van der Waals surface area contributed by atoms with Gasteiger partial charge in [-0.25, -0.2) is 4.98 Å². The number of carbonyl (C=O) groups is 2. The number of imidazole rings is 1. The van der Waals surface area contributed by atoms with E-state index in [1.54, 1.807) is 29.6 Å². The van der Waals surface area contributed by atoms with E-state index in [-0.39, 0.29) is 11.8 Å². The first-order chi connectivity index (χ1) is 12.7. The minimum atomic E-state index is -0.181. The molecule has 4 rings (SSSR count). The third kappa shape index (κ3) is 3.21. The molecule has 1 aliphatic rings. The molecule has 1 N–H and O–H groups in total. The molecule has 0 bridgehead atoms. The molecule has 2 aromatic carbocycles. The van der Waals surface area contributed by atoms with Crippen molar-refractivity contribution < 1.29 is 9.59 Å². The summed E-state index contributed by atoms with van der Waals surface area (Å²) in [4.78, 5) is 30.0. The molecule has 0 unspecified atom stereocenters.